The van der Waals surface area contributed by atoms with Crippen LogP contribution >= 0.6 is 0 Å². The van der Waals surface area contributed by atoms with Crippen LogP contribution in [0.4, 0.5) is 0 Å². The fraction of sp³-hybridized carbons (Fsp3) is 0.348. The Bertz CT molecular complexity index is 1030. The van der Waals surface area contributed by atoms with Crippen LogP contribution in [0.5, 0.6) is 0 Å². The fourth-order valence-corrected chi connectivity index (χ4v) is 2.96. The summed E-state index contributed by atoms with van der Waals surface area (Å²) in [6.07, 6.45) is 0. The highest BCUT2D eigenvalue weighted by atomic mass is 16.6. The van der Waals surface area contributed by atoms with Gasteiger partial charge in [0.25, 0.3) is 0 Å². The van der Waals surface area contributed by atoms with E-state index in [1.165, 1.54) is 0 Å². The number of aliphatic imine (C=N–C) groups is 1. The lowest BCUT2D eigenvalue weighted by Crippen LogP contribution is -2.32. The molecule has 2 aromatic rings. The molecule has 29 heavy (non-hydrogen) atoms. The third kappa shape index (κ3) is 4.47. The molecule has 0 aliphatic carbocycles. The maximum atomic E-state index is 12.9. The number of hydrogen-bond donors (Lipinski definition) is 0. The standard InChI is InChI=1S/C23H25NO5/c1-22(2,3)28-20(26)17(21(27)29-23(4,5)6)18-15-11-13-9-7-8-10-14(13)12-16(15)19(25)24-18/h7-12H,1-6H3,(H,24,25)/p-1. The van der Waals surface area contributed by atoms with E-state index in [1.54, 1.807) is 53.7 Å². The lowest BCUT2D eigenvalue weighted by atomic mass is 9.98. The fourth-order valence-electron chi connectivity index (χ4n) is 2.96. The second kappa shape index (κ2) is 7.03. The summed E-state index contributed by atoms with van der Waals surface area (Å²) >= 11 is 0. The van der Waals surface area contributed by atoms with E-state index in [4.69, 9.17) is 9.47 Å². The Morgan fingerprint density at radius 2 is 1.28 bits per heavy atom. The summed E-state index contributed by atoms with van der Waals surface area (Å²) in [7, 11) is 0. The molecule has 152 valence electrons. The predicted molar refractivity (Wildman–Crippen MR) is 109 cm³/mol. The third-order valence-electron chi connectivity index (χ3n) is 4.03. The van der Waals surface area contributed by atoms with Gasteiger partial charge in [-0.05, 0) is 75.9 Å². The minimum absolute atomic E-state index is 0.0146. The summed E-state index contributed by atoms with van der Waals surface area (Å²) in [5.74, 6) is -2.26. The van der Waals surface area contributed by atoms with E-state index in [0.717, 1.165) is 10.8 Å². The van der Waals surface area contributed by atoms with Gasteiger partial charge in [0.15, 0.2) is 5.57 Å². The number of nitrogens with zero attached hydrogens (tertiary/aromatic N) is 1. The molecule has 6 heteroatoms. The smallest absolute Gasteiger partial charge is 0.348 e. The van der Waals surface area contributed by atoms with Crippen LogP contribution in [0, 0.1) is 0 Å². The van der Waals surface area contributed by atoms with Crippen LogP contribution in [0.25, 0.3) is 16.5 Å². The number of carbonyl (C=O) groups excluding carboxylic acids is 2. The van der Waals surface area contributed by atoms with E-state index >= 15 is 0 Å². The molecule has 0 radical (unpaired) electrons. The zero-order valence-electron chi connectivity index (χ0n) is 17.5. The molecule has 1 heterocycles. The Labute approximate surface area is 169 Å². The lowest BCUT2D eigenvalue weighted by Gasteiger charge is -2.23. The molecule has 0 saturated heterocycles. The average molecular weight is 394 g/mol. The van der Waals surface area contributed by atoms with Gasteiger partial charge in [0.1, 0.15) is 11.2 Å². The third-order valence-corrected chi connectivity index (χ3v) is 4.03. The van der Waals surface area contributed by atoms with Crippen LogP contribution in [-0.4, -0.2) is 29.0 Å². The number of esters is 2. The van der Waals surface area contributed by atoms with Gasteiger partial charge in [0, 0.05) is 5.56 Å². The van der Waals surface area contributed by atoms with Crippen molar-refractivity contribution in [2.45, 2.75) is 52.7 Å². The van der Waals surface area contributed by atoms with Gasteiger partial charge in [0.2, 0.25) is 0 Å². The Kier molecular flexibility index (Phi) is 4.99. The summed E-state index contributed by atoms with van der Waals surface area (Å²) in [4.78, 5) is 29.8. The highest BCUT2D eigenvalue weighted by Gasteiger charge is 2.34. The lowest BCUT2D eigenvalue weighted by molar-refractivity contribution is -0.212. The molecule has 0 N–H and O–H groups in total. The number of carbonyl (C=O) groups is 2. The van der Waals surface area contributed by atoms with Crippen molar-refractivity contribution in [2.24, 2.45) is 4.99 Å². The molecule has 0 unspecified atom stereocenters. The first-order chi connectivity index (χ1) is 13.4. The Morgan fingerprint density at radius 3 is 1.72 bits per heavy atom. The van der Waals surface area contributed by atoms with E-state index in [2.05, 4.69) is 4.99 Å². The number of ether oxygens (including phenoxy) is 2. The minimum atomic E-state index is -0.876. The van der Waals surface area contributed by atoms with E-state index in [-0.39, 0.29) is 11.3 Å². The van der Waals surface area contributed by atoms with Crippen LogP contribution in [0.2, 0.25) is 0 Å². The summed E-state index contributed by atoms with van der Waals surface area (Å²) in [6.45, 7) is 10.2. The second-order valence-electron chi connectivity index (χ2n) is 8.89. The molecule has 0 amide bonds. The summed E-state index contributed by atoms with van der Waals surface area (Å²) in [6, 6.07) is 11.0. The second-order valence-corrected chi connectivity index (χ2v) is 8.89. The number of rotatable bonds is 2. The SMILES string of the molecule is CC(C)(C)OC(=O)C(C(=O)OC(C)(C)C)=C1N=C([O-])c2cc3ccccc3cc21. The topological polar surface area (TPSA) is 88.0 Å². The number of benzene rings is 2. The maximum absolute atomic E-state index is 12.9. The normalized spacial score (nSPS) is 13.7. The monoisotopic (exact) mass is 394 g/mol. The van der Waals surface area contributed by atoms with Crippen molar-refractivity contribution in [3.63, 3.8) is 0 Å². The van der Waals surface area contributed by atoms with E-state index in [0.29, 0.717) is 11.1 Å². The predicted octanol–water partition coefficient (Wildman–Crippen LogP) is 3.35. The first kappa shape index (κ1) is 20.6. The molecule has 0 atom stereocenters. The van der Waals surface area contributed by atoms with Crippen molar-refractivity contribution in [3.8, 4) is 0 Å². The molecule has 0 fully saturated rings. The minimum Gasteiger partial charge on any atom is -0.858 e. The first-order valence-electron chi connectivity index (χ1n) is 9.36. The molecule has 0 saturated carbocycles. The summed E-state index contributed by atoms with van der Waals surface area (Å²) in [5, 5.41) is 14.3. The number of hydrogen-bond acceptors (Lipinski definition) is 6. The molecule has 1 aliphatic heterocycles. The van der Waals surface area contributed by atoms with Crippen LogP contribution < -0.4 is 5.11 Å². The molecular formula is C23H24NO5-. The van der Waals surface area contributed by atoms with Gasteiger partial charge in [0.05, 0.1) is 5.70 Å². The van der Waals surface area contributed by atoms with Gasteiger partial charge in [-0.15, -0.1) is 0 Å². The molecule has 0 spiro atoms. The molecule has 0 aromatic heterocycles. The summed E-state index contributed by atoms with van der Waals surface area (Å²) in [5.41, 5.74) is -1.31. The Hall–Kier alpha value is -3.15. The van der Waals surface area contributed by atoms with Crippen LogP contribution in [0.1, 0.15) is 52.7 Å². The molecule has 1 aliphatic rings. The first-order valence-corrected chi connectivity index (χ1v) is 9.36. The molecule has 0 bridgehead atoms. The highest BCUT2D eigenvalue weighted by molar-refractivity contribution is 6.23. The Morgan fingerprint density at radius 1 is 0.828 bits per heavy atom. The van der Waals surface area contributed by atoms with Gasteiger partial charge in [-0.1, -0.05) is 24.3 Å². The van der Waals surface area contributed by atoms with E-state index in [1.807, 2.05) is 24.3 Å². The zero-order chi connectivity index (χ0) is 21.6. The van der Waals surface area contributed by atoms with Crippen LogP contribution in [0.15, 0.2) is 47.0 Å². The van der Waals surface area contributed by atoms with Gasteiger partial charge in [-0.25, -0.2) is 9.59 Å². The van der Waals surface area contributed by atoms with Gasteiger partial charge in [-0.3, -0.25) is 4.99 Å². The van der Waals surface area contributed by atoms with E-state index < -0.39 is 29.0 Å². The van der Waals surface area contributed by atoms with Gasteiger partial charge < -0.3 is 14.6 Å². The van der Waals surface area contributed by atoms with Crippen molar-refractivity contribution in [2.75, 3.05) is 0 Å². The van der Waals surface area contributed by atoms with Crippen molar-refractivity contribution >= 4 is 34.3 Å². The quantitative estimate of drug-likeness (QED) is 0.337. The summed E-state index contributed by atoms with van der Waals surface area (Å²) < 4.78 is 10.8. The largest absolute Gasteiger partial charge is 0.858 e. The van der Waals surface area contributed by atoms with Crippen molar-refractivity contribution in [3.05, 3.63) is 53.1 Å². The highest BCUT2D eigenvalue weighted by Crippen LogP contribution is 2.35. The average Bonchev–Trinajstić information content (AvgIpc) is 2.86. The molecule has 3 rings (SSSR count). The molecular weight excluding hydrogens is 370 g/mol. The van der Waals surface area contributed by atoms with Crippen molar-refractivity contribution in [1.29, 1.82) is 0 Å². The zero-order valence-corrected chi connectivity index (χ0v) is 17.5. The Balaban J connectivity index is 2.23. The van der Waals surface area contributed by atoms with Crippen LogP contribution in [0.3, 0.4) is 0 Å². The van der Waals surface area contributed by atoms with Crippen molar-refractivity contribution in [1.82, 2.24) is 0 Å². The number of fused-ring (bicyclic) bond motifs is 2. The van der Waals surface area contributed by atoms with Crippen molar-refractivity contribution < 1.29 is 24.2 Å². The van der Waals surface area contributed by atoms with E-state index in [9.17, 15) is 14.7 Å². The maximum Gasteiger partial charge on any atom is 0.348 e. The molecule has 2 aromatic carbocycles. The van der Waals surface area contributed by atoms with Gasteiger partial charge >= 0.3 is 11.9 Å². The van der Waals surface area contributed by atoms with Crippen LogP contribution in [-0.2, 0) is 19.1 Å². The molecule has 6 nitrogen and oxygen atoms in total. The van der Waals surface area contributed by atoms with Gasteiger partial charge in [-0.2, -0.15) is 0 Å².